The third-order valence-corrected chi connectivity index (χ3v) is 5.48. The molecule has 0 saturated carbocycles. The van der Waals surface area contributed by atoms with Crippen LogP contribution in [0.5, 0.6) is 11.5 Å². The molecule has 1 aliphatic rings. The molecule has 0 aliphatic carbocycles. The molecule has 6 nitrogen and oxygen atoms in total. The number of nitrogens with two attached hydrogens (primary N) is 1. The molecule has 31 heavy (non-hydrogen) atoms. The van der Waals surface area contributed by atoms with Gasteiger partial charge in [0.2, 0.25) is 5.91 Å². The Hall–Kier alpha value is -3.80. The first-order chi connectivity index (χ1) is 15.1. The molecule has 0 radical (unpaired) electrons. The highest BCUT2D eigenvalue weighted by atomic mass is 16.5. The first kappa shape index (κ1) is 20.5. The van der Waals surface area contributed by atoms with Crippen LogP contribution in [0.1, 0.15) is 23.2 Å². The Kier molecular flexibility index (Phi) is 6.17. The third-order valence-electron chi connectivity index (χ3n) is 5.48. The van der Waals surface area contributed by atoms with Crippen molar-refractivity contribution in [3.8, 4) is 11.5 Å². The number of para-hydroxylation sites is 1. The number of hydrogen-bond donors (Lipinski definition) is 2. The van der Waals surface area contributed by atoms with Gasteiger partial charge in [-0.2, -0.15) is 0 Å². The van der Waals surface area contributed by atoms with Crippen LogP contribution in [0, 0.1) is 5.92 Å². The van der Waals surface area contributed by atoms with Gasteiger partial charge in [0.15, 0.2) is 0 Å². The van der Waals surface area contributed by atoms with Crippen molar-refractivity contribution in [1.29, 1.82) is 0 Å². The Bertz CT molecular complexity index is 1030. The van der Waals surface area contributed by atoms with Crippen molar-refractivity contribution >= 4 is 23.2 Å². The summed E-state index contributed by atoms with van der Waals surface area (Å²) in [7, 11) is 0. The zero-order valence-electron chi connectivity index (χ0n) is 17.2. The Morgan fingerprint density at radius 1 is 0.839 bits per heavy atom. The number of amides is 2. The van der Waals surface area contributed by atoms with Gasteiger partial charge in [0.25, 0.3) is 5.91 Å². The van der Waals surface area contributed by atoms with Gasteiger partial charge in [-0.1, -0.05) is 18.2 Å². The minimum absolute atomic E-state index is 0.0284. The summed E-state index contributed by atoms with van der Waals surface area (Å²) in [5.41, 5.74) is 7.76. The smallest absolute Gasteiger partial charge is 0.255 e. The van der Waals surface area contributed by atoms with Gasteiger partial charge >= 0.3 is 0 Å². The van der Waals surface area contributed by atoms with Gasteiger partial charge in [-0.15, -0.1) is 0 Å². The molecule has 1 aliphatic heterocycles. The molecule has 0 atom stereocenters. The maximum Gasteiger partial charge on any atom is 0.255 e. The van der Waals surface area contributed by atoms with Crippen LogP contribution >= 0.6 is 0 Å². The van der Waals surface area contributed by atoms with Gasteiger partial charge in [0.05, 0.1) is 0 Å². The highest BCUT2D eigenvalue weighted by Crippen LogP contribution is 2.25. The lowest BCUT2D eigenvalue weighted by atomic mass is 9.96. The van der Waals surface area contributed by atoms with Crippen LogP contribution in [0.3, 0.4) is 0 Å². The van der Waals surface area contributed by atoms with Gasteiger partial charge in [0, 0.05) is 35.9 Å². The number of anilines is 2. The van der Waals surface area contributed by atoms with E-state index in [1.807, 2.05) is 54.6 Å². The third kappa shape index (κ3) is 5.22. The molecule has 0 aromatic heterocycles. The van der Waals surface area contributed by atoms with E-state index in [-0.39, 0.29) is 17.7 Å². The van der Waals surface area contributed by atoms with Gasteiger partial charge in [0.1, 0.15) is 11.5 Å². The first-order valence-electron chi connectivity index (χ1n) is 10.4. The highest BCUT2D eigenvalue weighted by Gasteiger charge is 2.23. The first-order valence-corrected chi connectivity index (χ1v) is 10.4. The number of piperidine rings is 1. The van der Waals surface area contributed by atoms with Crippen molar-refractivity contribution < 1.29 is 14.3 Å². The number of carbonyl (C=O) groups excluding carboxylic acids is 2. The molecular weight excluding hydrogens is 390 g/mol. The van der Waals surface area contributed by atoms with E-state index in [2.05, 4.69) is 10.2 Å². The summed E-state index contributed by atoms with van der Waals surface area (Å²) in [6.07, 6.45) is 1.55. The molecule has 4 rings (SSSR count). The molecule has 158 valence electrons. The monoisotopic (exact) mass is 415 g/mol. The quantitative estimate of drug-likeness (QED) is 0.624. The second-order valence-corrected chi connectivity index (χ2v) is 7.60. The number of rotatable bonds is 6. The van der Waals surface area contributed by atoms with E-state index in [1.54, 1.807) is 24.3 Å². The Morgan fingerprint density at radius 2 is 1.45 bits per heavy atom. The normalized spacial score (nSPS) is 14.1. The Labute approximate surface area is 181 Å². The fourth-order valence-corrected chi connectivity index (χ4v) is 3.68. The second-order valence-electron chi connectivity index (χ2n) is 7.60. The fraction of sp³-hybridized carbons (Fsp3) is 0.200. The summed E-state index contributed by atoms with van der Waals surface area (Å²) in [5, 5.41) is 2.92. The SMILES string of the molecule is NC(=O)C1CCN(c2ccc(NC(=O)c3ccc(Oc4ccccc4)cc3)cc2)CC1. The van der Waals surface area contributed by atoms with Gasteiger partial charge in [-0.25, -0.2) is 0 Å². The number of hydrogen-bond acceptors (Lipinski definition) is 4. The van der Waals surface area contributed by atoms with E-state index < -0.39 is 0 Å². The molecular formula is C25H25N3O3. The van der Waals surface area contributed by atoms with Crippen molar-refractivity contribution in [3.63, 3.8) is 0 Å². The van der Waals surface area contributed by atoms with E-state index in [1.165, 1.54) is 0 Å². The number of nitrogens with one attached hydrogen (secondary N) is 1. The maximum atomic E-state index is 12.6. The molecule has 0 spiro atoms. The highest BCUT2D eigenvalue weighted by molar-refractivity contribution is 6.04. The molecule has 1 fully saturated rings. The molecule has 1 saturated heterocycles. The van der Waals surface area contributed by atoms with Gasteiger partial charge < -0.3 is 20.7 Å². The molecule has 3 N–H and O–H groups in total. The van der Waals surface area contributed by atoms with E-state index in [4.69, 9.17) is 10.5 Å². The Balaban J connectivity index is 1.33. The molecule has 1 heterocycles. The summed E-state index contributed by atoms with van der Waals surface area (Å²) in [5.74, 6) is 1.00. The second kappa shape index (κ2) is 9.34. The summed E-state index contributed by atoms with van der Waals surface area (Å²) >= 11 is 0. The van der Waals surface area contributed by atoms with Crippen molar-refractivity contribution in [3.05, 3.63) is 84.4 Å². The van der Waals surface area contributed by atoms with E-state index >= 15 is 0 Å². The van der Waals surface area contributed by atoms with E-state index in [0.29, 0.717) is 11.3 Å². The zero-order valence-corrected chi connectivity index (χ0v) is 17.2. The molecule has 0 unspecified atom stereocenters. The predicted octanol–water partition coefficient (Wildman–Crippen LogP) is 4.43. The zero-order chi connectivity index (χ0) is 21.6. The number of nitrogens with zero attached hydrogens (tertiary/aromatic N) is 1. The lowest BCUT2D eigenvalue weighted by Gasteiger charge is -2.32. The van der Waals surface area contributed by atoms with Crippen LogP contribution in [0.25, 0.3) is 0 Å². The lowest BCUT2D eigenvalue weighted by Crippen LogP contribution is -2.38. The molecule has 3 aromatic rings. The molecule has 0 bridgehead atoms. The lowest BCUT2D eigenvalue weighted by molar-refractivity contribution is -0.122. The van der Waals surface area contributed by atoms with Crippen molar-refractivity contribution in [2.24, 2.45) is 11.7 Å². The average Bonchev–Trinajstić information content (AvgIpc) is 2.81. The van der Waals surface area contributed by atoms with Crippen LogP contribution in [0.4, 0.5) is 11.4 Å². The van der Waals surface area contributed by atoms with Gasteiger partial charge in [-0.05, 0) is 73.5 Å². The number of primary amides is 1. The van der Waals surface area contributed by atoms with Crippen molar-refractivity contribution in [2.45, 2.75) is 12.8 Å². The minimum Gasteiger partial charge on any atom is -0.457 e. The van der Waals surface area contributed by atoms with Crippen molar-refractivity contribution in [1.82, 2.24) is 0 Å². The summed E-state index contributed by atoms with van der Waals surface area (Å²) in [6.45, 7) is 1.60. The molecule has 2 amide bonds. The fourth-order valence-electron chi connectivity index (χ4n) is 3.68. The molecule has 3 aromatic carbocycles. The summed E-state index contributed by atoms with van der Waals surface area (Å²) < 4.78 is 5.76. The van der Waals surface area contributed by atoms with E-state index in [0.717, 1.165) is 43.1 Å². The standard InChI is InChI=1S/C25H25N3O3/c26-24(29)18-14-16-28(17-15-18)21-10-8-20(9-11-21)27-25(30)19-6-12-23(13-7-19)31-22-4-2-1-3-5-22/h1-13,18H,14-17H2,(H2,26,29)(H,27,30). The van der Waals surface area contributed by atoms with Crippen LogP contribution in [-0.2, 0) is 4.79 Å². The van der Waals surface area contributed by atoms with Crippen molar-refractivity contribution in [2.75, 3.05) is 23.3 Å². The van der Waals surface area contributed by atoms with Gasteiger partial charge in [-0.3, -0.25) is 9.59 Å². The van der Waals surface area contributed by atoms with Crippen LogP contribution < -0.4 is 20.7 Å². The topological polar surface area (TPSA) is 84.7 Å². The largest absolute Gasteiger partial charge is 0.457 e. The predicted molar refractivity (Wildman–Crippen MR) is 121 cm³/mol. The summed E-state index contributed by atoms with van der Waals surface area (Å²) in [4.78, 5) is 26.1. The van der Waals surface area contributed by atoms with E-state index in [9.17, 15) is 9.59 Å². The maximum absolute atomic E-state index is 12.6. The Morgan fingerprint density at radius 3 is 2.06 bits per heavy atom. The van der Waals surface area contributed by atoms with Crippen LogP contribution in [0.2, 0.25) is 0 Å². The van der Waals surface area contributed by atoms with Crippen LogP contribution in [0.15, 0.2) is 78.9 Å². The minimum atomic E-state index is -0.211. The summed E-state index contributed by atoms with van der Waals surface area (Å²) in [6, 6.07) is 24.3. The number of carbonyl (C=O) groups is 2. The number of benzene rings is 3. The average molecular weight is 415 g/mol. The molecule has 6 heteroatoms. The van der Waals surface area contributed by atoms with Crippen LogP contribution in [-0.4, -0.2) is 24.9 Å². The number of ether oxygens (including phenoxy) is 1.